The molecular formula is C24H21N5O2. The molecule has 4 rings (SSSR count). The smallest absolute Gasteiger partial charge is 0.280 e. The van der Waals surface area contributed by atoms with Gasteiger partial charge in [-0.3, -0.25) is 14.9 Å². The number of hydrogen-bond acceptors (Lipinski definition) is 5. The SMILES string of the molecule is Cc1cc(C)nc(NC(=O)c2c(-c3ccccc3)c(-c3ccccc3)nn(C)c2=O)n1. The van der Waals surface area contributed by atoms with Gasteiger partial charge in [-0.2, -0.15) is 5.10 Å². The third-order valence-corrected chi connectivity index (χ3v) is 4.79. The van der Waals surface area contributed by atoms with Crippen molar-refractivity contribution in [1.82, 2.24) is 19.7 Å². The van der Waals surface area contributed by atoms with Crippen LogP contribution in [0.2, 0.25) is 0 Å². The second-order valence-electron chi connectivity index (χ2n) is 7.19. The van der Waals surface area contributed by atoms with E-state index in [1.807, 2.05) is 80.6 Å². The van der Waals surface area contributed by atoms with Gasteiger partial charge in [-0.1, -0.05) is 60.7 Å². The van der Waals surface area contributed by atoms with Crippen molar-refractivity contribution in [2.45, 2.75) is 13.8 Å². The zero-order valence-corrected chi connectivity index (χ0v) is 17.5. The van der Waals surface area contributed by atoms with Crippen molar-refractivity contribution in [3.05, 3.63) is 94.0 Å². The lowest BCUT2D eigenvalue weighted by atomic mass is 9.95. The first-order valence-electron chi connectivity index (χ1n) is 9.80. The Morgan fingerprint density at radius 2 is 1.42 bits per heavy atom. The van der Waals surface area contributed by atoms with Gasteiger partial charge in [-0.15, -0.1) is 0 Å². The van der Waals surface area contributed by atoms with Crippen LogP contribution in [0.4, 0.5) is 5.95 Å². The highest BCUT2D eigenvalue weighted by molar-refractivity contribution is 6.09. The summed E-state index contributed by atoms with van der Waals surface area (Å²) >= 11 is 0. The van der Waals surface area contributed by atoms with Crippen LogP contribution in [0.25, 0.3) is 22.4 Å². The third-order valence-electron chi connectivity index (χ3n) is 4.79. The Morgan fingerprint density at radius 3 is 2.00 bits per heavy atom. The normalized spacial score (nSPS) is 10.7. The Kier molecular flexibility index (Phi) is 5.41. The van der Waals surface area contributed by atoms with Gasteiger partial charge in [-0.25, -0.2) is 14.6 Å². The molecule has 0 fully saturated rings. The second kappa shape index (κ2) is 8.31. The van der Waals surface area contributed by atoms with Crippen LogP contribution in [0.3, 0.4) is 0 Å². The fourth-order valence-electron chi connectivity index (χ4n) is 3.47. The maximum Gasteiger partial charge on any atom is 0.280 e. The van der Waals surface area contributed by atoms with Gasteiger partial charge >= 0.3 is 0 Å². The van der Waals surface area contributed by atoms with Crippen LogP contribution in [-0.4, -0.2) is 25.7 Å². The van der Waals surface area contributed by atoms with Crippen molar-refractivity contribution >= 4 is 11.9 Å². The first-order valence-corrected chi connectivity index (χ1v) is 9.80. The molecule has 0 saturated heterocycles. The molecule has 1 N–H and O–H groups in total. The van der Waals surface area contributed by atoms with Crippen LogP contribution in [0.5, 0.6) is 0 Å². The average molecular weight is 411 g/mol. The summed E-state index contributed by atoms with van der Waals surface area (Å²) in [6.45, 7) is 3.64. The Bertz CT molecular complexity index is 1300. The Labute approximate surface area is 179 Å². The van der Waals surface area contributed by atoms with Crippen LogP contribution < -0.4 is 10.9 Å². The number of carbonyl (C=O) groups is 1. The van der Waals surface area contributed by atoms with Gasteiger partial charge in [0.15, 0.2) is 0 Å². The number of aromatic nitrogens is 4. The number of nitrogens with one attached hydrogen (secondary N) is 1. The highest BCUT2D eigenvalue weighted by Crippen LogP contribution is 2.32. The van der Waals surface area contributed by atoms with Gasteiger partial charge in [0.05, 0.1) is 5.69 Å². The average Bonchev–Trinajstić information content (AvgIpc) is 2.75. The van der Waals surface area contributed by atoms with E-state index in [0.29, 0.717) is 11.3 Å². The summed E-state index contributed by atoms with van der Waals surface area (Å²) in [7, 11) is 1.54. The van der Waals surface area contributed by atoms with Crippen LogP contribution in [-0.2, 0) is 7.05 Å². The van der Waals surface area contributed by atoms with Crippen molar-refractivity contribution < 1.29 is 4.79 Å². The number of amides is 1. The zero-order valence-electron chi connectivity index (χ0n) is 17.5. The number of carbonyl (C=O) groups excluding carboxylic acids is 1. The fraction of sp³-hybridized carbons (Fsp3) is 0.125. The number of benzene rings is 2. The largest absolute Gasteiger partial charge is 0.290 e. The Hall–Kier alpha value is -4.13. The van der Waals surface area contributed by atoms with E-state index in [-0.39, 0.29) is 11.5 Å². The van der Waals surface area contributed by atoms with Crippen LogP contribution in [0.1, 0.15) is 21.7 Å². The molecule has 0 aliphatic heterocycles. The van der Waals surface area contributed by atoms with Crippen molar-refractivity contribution in [3.63, 3.8) is 0 Å². The molecule has 154 valence electrons. The summed E-state index contributed by atoms with van der Waals surface area (Å²) < 4.78 is 1.19. The van der Waals surface area contributed by atoms with E-state index >= 15 is 0 Å². The quantitative estimate of drug-likeness (QED) is 0.552. The molecule has 0 aliphatic rings. The van der Waals surface area contributed by atoms with Crippen LogP contribution in [0, 0.1) is 13.8 Å². The zero-order chi connectivity index (χ0) is 22.0. The van der Waals surface area contributed by atoms with Crippen molar-refractivity contribution in [2.24, 2.45) is 7.05 Å². The molecule has 0 radical (unpaired) electrons. The molecular weight excluding hydrogens is 390 g/mol. The second-order valence-corrected chi connectivity index (χ2v) is 7.19. The number of aryl methyl sites for hydroxylation is 3. The molecule has 31 heavy (non-hydrogen) atoms. The fourth-order valence-corrected chi connectivity index (χ4v) is 3.47. The summed E-state index contributed by atoms with van der Waals surface area (Å²) in [5.74, 6) is -0.425. The predicted molar refractivity (Wildman–Crippen MR) is 120 cm³/mol. The van der Waals surface area contributed by atoms with E-state index < -0.39 is 11.5 Å². The number of nitrogens with zero attached hydrogens (tertiary/aromatic N) is 4. The van der Waals surface area contributed by atoms with Crippen molar-refractivity contribution in [3.8, 4) is 22.4 Å². The number of anilines is 1. The summed E-state index contributed by atoms with van der Waals surface area (Å²) in [6, 6.07) is 20.6. The standard InChI is InChI=1S/C24H21N5O2/c1-15-14-16(2)26-24(25-15)27-22(30)20-19(17-10-6-4-7-11-17)21(28-29(3)23(20)31)18-12-8-5-9-13-18/h4-14H,1-3H3,(H,25,26,27,30). The molecule has 0 atom stereocenters. The summed E-state index contributed by atoms with van der Waals surface area (Å²) in [5.41, 5.74) is 3.46. The highest BCUT2D eigenvalue weighted by Gasteiger charge is 2.25. The van der Waals surface area contributed by atoms with E-state index in [4.69, 9.17) is 0 Å². The van der Waals surface area contributed by atoms with E-state index in [9.17, 15) is 9.59 Å². The lowest BCUT2D eigenvalue weighted by Crippen LogP contribution is -2.31. The molecule has 4 aromatic rings. The molecule has 0 saturated carbocycles. The van der Waals surface area contributed by atoms with Crippen LogP contribution >= 0.6 is 0 Å². The predicted octanol–water partition coefficient (Wildman–Crippen LogP) is 3.77. The molecule has 2 heterocycles. The number of hydrogen-bond donors (Lipinski definition) is 1. The van der Waals surface area contributed by atoms with Crippen molar-refractivity contribution in [2.75, 3.05) is 5.32 Å². The van der Waals surface area contributed by atoms with Gasteiger partial charge in [0.2, 0.25) is 5.95 Å². The molecule has 0 spiro atoms. The van der Waals surface area contributed by atoms with E-state index in [1.165, 1.54) is 11.7 Å². The van der Waals surface area contributed by atoms with Crippen LogP contribution in [0.15, 0.2) is 71.5 Å². The van der Waals surface area contributed by atoms with Gasteiger partial charge in [0.25, 0.3) is 11.5 Å². The summed E-state index contributed by atoms with van der Waals surface area (Å²) in [5, 5.41) is 7.19. The Morgan fingerprint density at radius 1 is 0.871 bits per heavy atom. The molecule has 7 heteroatoms. The van der Waals surface area contributed by atoms with Crippen molar-refractivity contribution in [1.29, 1.82) is 0 Å². The maximum absolute atomic E-state index is 13.4. The van der Waals surface area contributed by atoms with E-state index in [1.54, 1.807) is 0 Å². The minimum absolute atomic E-state index is 0.00897. The number of rotatable bonds is 4. The van der Waals surface area contributed by atoms with Gasteiger partial charge in [0, 0.05) is 29.6 Å². The summed E-state index contributed by atoms with van der Waals surface area (Å²) in [6.07, 6.45) is 0. The lowest BCUT2D eigenvalue weighted by molar-refractivity contribution is 0.102. The topological polar surface area (TPSA) is 89.8 Å². The Balaban J connectivity index is 1.95. The molecule has 2 aromatic heterocycles. The first-order chi connectivity index (χ1) is 14.9. The monoisotopic (exact) mass is 411 g/mol. The molecule has 1 amide bonds. The molecule has 2 aromatic carbocycles. The maximum atomic E-state index is 13.4. The summed E-state index contributed by atoms with van der Waals surface area (Å²) in [4.78, 5) is 35.0. The highest BCUT2D eigenvalue weighted by atomic mass is 16.2. The lowest BCUT2D eigenvalue weighted by Gasteiger charge is -2.15. The van der Waals surface area contributed by atoms with Gasteiger partial charge in [-0.05, 0) is 25.5 Å². The first kappa shape index (κ1) is 20.2. The van der Waals surface area contributed by atoms with E-state index in [2.05, 4.69) is 20.4 Å². The van der Waals surface area contributed by atoms with Gasteiger partial charge < -0.3 is 0 Å². The minimum atomic E-state index is -0.580. The molecule has 0 aliphatic carbocycles. The molecule has 7 nitrogen and oxygen atoms in total. The van der Waals surface area contributed by atoms with E-state index in [0.717, 1.165) is 22.5 Å². The minimum Gasteiger partial charge on any atom is -0.290 e. The van der Waals surface area contributed by atoms with Gasteiger partial charge in [0.1, 0.15) is 5.56 Å². The third kappa shape index (κ3) is 4.11. The molecule has 0 bridgehead atoms. The molecule has 0 unspecified atom stereocenters.